The normalized spacial score (nSPS) is 10.3. The molecular formula is C12H11BrN2OS. The van der Waals surface area contributed by atoms with E-state index in [0.29, 0.717) is 10.7 Å². The van der Waals surface area contributed by atoms with Gasteiger partial charge in [0.15, 0.2) is 5.13 Å². The summed E-state index contributed by atoms with van der Waals surface area (Å²) in [6, 6.07) is 5.60. The summed E-state index contributed by atoms with van der Waals surface area (Å²) in [5, 5.41) is 5.32. The number of halogens is 1. The van der Waals surface area contributed by atoms with Crippen LogP contribution in [0.3, 0.4) is 0 Å². The molecule has 2 aromatic rings. The van der Waals surface area contributed by atoms with Crippen molar-refractivity contribution in [2.45, 2.75) is 13.8 Å². The molecule has 1 aromatic heterocycles. The van der Waals surface area contributed by atoms with Crippen LogP contribution in [0, 0.1) is 13.8 Å². The smallest absolute Gasteiger partial charge is 0.257 e. The summed E-state index contributed by atoms with van der Waals surface area (Å²) < 4.78 is 0.901. The van der Waals surface area contributed by atoms with Gasteiger partial charge in [0.05, 0.1) is 5.69 Å². The Morgan fingerprint density at radius 2 is 2.12 bits per heavy atom. The fourth-order valence-electron chi connectivity index (χ4n) is 1.45. The van der Waals surface area contributed by atoms with Crippen LogP contribution in [0.2, 0.25) is 0 Å². The number of thiazole rings is 1. The third-order valence-electron chi connectivity index (χ3n) is 2.14. The standard InChI is InChI=1S/C12H11BrN2OS/c1-7-3-9(5-10(13)4-7)11(16)15-12-14-8(2)6-17-12/h3-6H,1-2H3,(H,14,15,16). The Morgan fingerprint density at radius 1 is 1.35 bits per heavy atom. The number of nitrogens with zero attached hydrogens (tertiary/aromatic N) is 1. The van der Waals surface area contributed by atoms with E-state index < -0.39 is 0 Å². The first kappa shape index (κ1) is 12.3. The van der Waals surface area contributed by atoms with E-state index >= 15 is 0 Å². The molecule has 0 saturated carbocycles. The highest BCUT2D eigenvalue weighted by atomic mass is 79.9. The van der Waals surface area contributed by atoms with E-state index in [4.69, 9.17) is 0 Å². The molecule has 0 aliphatic carbocycles. The number of hydrogen-bond acceptors (Lipinski definition) is 3. The van der Waals surface area contributed by atoms with E-state index in [9.17, 15) is 4.79 Å². The second-order valence-corrected chi connectivity index (χ2v) is 5.54. The molecule has 88 valence electrons. The summed E-state index contributed by atoms with van der Waals surface area (Å²) in [5.41, 5.74) is 2.58. The summed E-state index contributed by atoms with van der Waals surface area (Å²) >= 11 is 4.80. The lowest BCUT2D eigenvalue weighted by Gasteiger charge is -2.03. The number of rotatable bonds is 2. The summed E-state index contributed by atoms with van der Waals surface area (Å²) in [7, 11) is 0. The predicted octanol–water partition coefficient (Wildman–Crippen LogP) is 3.77. The van der Waals surface area contributed by atoms with Gasteiger partial charge in [0.25, 0.3) is 5.91 Å². The monoisotopic (exact) mass is 310 g/mol. The Balaban J connectivity index is 2.19. The highest BCUT2D eigenvalue weighted by molar-refractivity contribution is 9.10. The number of benzene rings is 1. The average Bonchev–Trinajstić information content (AvgIpc) is 2.62. The minimum Gasteiger partial charge on any atom is -0.298 e. The van der Waals surface area contributed by atoms with Gasteiger partial charge in [0, 0.05) is 15.4 Å². The number of aromatic nitrogens is 1. The van der Waals surface area contributed by atoms with Crippen molar-refractivity contribution in [2.75, 3.05) is 5.32 Å². The van der Waals surface area contributed by atoms with E-state index in [-0.39, 0.29) is 5.91 Å². The van der Waals surface area contributed by atoms with Gasteiger partial charge in [-0.25, -0.2) is 4.98 Å². The van der Waals surface area contributed by atoms with Gasteiger partial charge in [-0.15, -0.1) is 11.3 Å². The molecule has 5 heteroatoms. The molecule has 0 atom stereocenters. The van der Waals surface area contributed by atoms with Gasteiger partial charge in [-0.1, -0.05) is 15.9 Å². The van der Waals surface area contributed by atoms with Crippen molar-refractivity contribution in [3.05, 3.63) is 44.9 Å². The van der Waals surface area contributed by atoms with Crippen molar-refractivity contribution in [1.29, 1.82) is 0 Å². The van der Waals surface area contributed by atoms with Gasteiger partial charge in [-0.2, -0.15) is 0 Å². The van der Waals surface area contributed by atoms with Crippen LogP contribution in [-0.2, 0) is 0 Å². The van der Waals surface area contributed by atoms with Crippen molar-refractivity contribution in [3.63, 3.8) is 0 Å². The third kappa shape index (κ3) is 3.14. The highest BCUT2D eigenvalue weighted by Crippen LogP contribution is 2.18. The Labute approximate surface area is 112 Å². The Kier molecular flexibility index (Phi) is 3.59. The van der Waals surface area contributed by atoms with Crippen LogP contribution < -0.4 is 5.32 Å². The summed E-state index contributed by atoms with van der Waals surface area (Å²) in [5.74, 6) is -0.135. The number of carbonyl (C=O) groups is 1. The molecule has 3 nitrogen and oxygen atoms in total. The van der Waals surface area contributed by atoms with E-state index in [1.54, 1.807) is 6.07 Å². The van der Waals surface area contributed by atoms with Crippen molar-refractivity contribution in [2.24, 2.45) is 0 Å². The van der Waals surface area contributed by atoms with Crippen LogP contribution in [0.25, 0.3) is 0 Å². The lowest BCUT2D eigenvalue weighted by Crippen LogP contribution is -2.11. The van der Waals surface area contributed by atoms with Crippen LogP contribution in [0.1, 0.15) is 21.6 Å². The molecule has 0 bridgehead atoms. The number of aryl methyl sites for hydroxylation is 2. The molecule has 1 N–H and O–H groups in total. The van der Waals surface area contributed by atoms with Gasteiger partial charge < -0.3 is 0 Å². The lowest BCUT2D eigenvalue weighted by atomic mass is 10.1. The van der Waals surface area contributed by atoms with Gasteiger partial charge in [-0.05, 0) is 37.6 Å². The highest BCUT2D eigenvalue weighted by Gasteiger charge is 2.09. The van der Waals surface area contributed by atoms with Crippen molar-refractivity contribution in [3.8, 4) is 0 Å². The molecule has 0 spiro atoms. The minimum atomic E-state index is -0.135. The van der Waals surface area contributed by atoms with E-state index in [1.165, 1.54) is 11.3 Å². The average molecular weight is 311 g/mol. The number of amides is 1. The van der Waals surface area contributed by atoms with Crippen molar-refractivity contribution < 1.29 is 4.79 Å². The molecule has 0 fully saturated rings. The molecule has 0 radical (unpaired) electrons. The zero-order chi connectivity index (χ0) is 12.4. The molecule has 0 aliphatic heterocycles. The van der Waals surface area contributed by atoms with Crippen LogP contribution >= 0.6 is 27.3 Å². The van der Waals surface area contributed by atoms with Crippen LogP contribution in [-0.4, -0.2) is 10.9 Å². The van der Waals surface area contributed by atoms with Gasteiger partial charge in [0.2, 0.25) is 0 Å². The quantitative estimate of drug-likeness (QED) is 0.917. The van der Waals surface area contributed by atoms with Crippen molar-refractivity contribution in [1.82, 2.24) is 4.98 Å². The molecule has 0 saturated heterocycles. The van der Waals surface area contributed by atoms with Crippen molar-refractivity contribution >= 4 is 38.3 Å². The molecule has 1 aromatic carbocycles. The molecule has 0 aliphatic rings. The molecule has 0 unspecified atom stereocenters. The maximum absolute atomic E-state index is 12.0. The maximum Gasteiger partial charge on any atom is 0.257 e. The van der Waals surface area contributed by atoms with E-state index in [0.717, 1.165) is 15.7 Å². The SMILES string of the molecule is Cc1cc(Br)cc(C(=O)Nc2nc(C)cs2)c1. The predicted molar refractivity (Wildman–Crippen MR) is 73.7 cm³/mol. The van der Waals surface area contributed by atoms with Gasteiger partial charge >= 0.3 is 0 Å². The Bertz CT molecular complexity index is 545. The van der Waals surface area contributed by atoms with E-state index in [1.807, 2.05) is 31.4 Å². The Hall–Kier alpha value is -1.20. The fourth-order valence-corrected chi connectivity index (χ4v) is 2.74. The van der Waals surface area contributed by atoms with E-state index in [2.05, 4.69) is 26.2 Å². The number of carbonyl (C=O) groups excluding carboxylic acids is 1. The maximum atomic E-state index is 12.0. The largest absolute Gasteiger partial charge is 0.298 e. The topological polar surface area (TPSA) is 42.0 Å². The van der Waals surface area contributed by atoms with Crippen LogP contribution in [0.4, 0.5) is 5.13 Å². The molecule has 2 rings (SSSR count). The van der Waals surface area contributed by atoms with Crippen LogP contribution in [0.5, 0.6) is 0 Å². The van der Waals surface area contributed by atoms with Crippen LogP contribution in [0.15, 0.2) is 28.1 Å². The summed E-state index contributed by atoms with van der Waals surface area (Å²) in [6.45, 7) is 3.85. The zero-order valence-corrected chi connectivity index (χ0v) is 11.9. The zero-order valence-electron chi connectivity index (χ0n) is 9.45. The number of anilines is 1. The molecular weight excluding hydrogens is 300 g/mol. The first-order chi connectivity index (χ1) is 8.04. The lowest BCUT2D eigenvalue weighted by molar-refractivity contribution is 0.102. The van der Waals surface area contributed by atoms with Gasteiger partial charge in [-0.3, -0.25) is 10.1 Å². The second-order valence-electron chi connectivity index (χ2n) is 3.77. The summed E-state index contributed by atoms with van der Waals surface area (Å²) in [6.07, 6.45) is 0. The number of nitrogens with one attached hydrogen (secondary N) is 1. The minimum absolute atomic E-state index is 0.135. The second kappa shape index (κ2) is 4.98. The molecule has 17 heavy (non-hydrogen) atoms. The first-order valence-electron chi connectivity index (χ1n) is 5.05. The molecule has 1 amide bonds. The van der Waals surface area contributed by atoms with Gasteiger partial charge in [0.1, 0.15) is 0 Å². The molecule has 1 heterocycles. The summed E-state index contributed by atoms with van der Waals surface area (Å²) in [4.78, 5) is 16.2. The fraction of sp³-hybridized carbons (Fsp3) is 0.167. The number of hydrogen-bond donors (Lipinski definition) is 1. The Morgan fingerprint density at radius 3 is 2.71 bits per heavy atom. The third-order valence-corrected chi connectivity index (χ3v) is 3.48. The first-order valence-corrected chi connectivity index (χ1v) is 6.72.